The predicted molar refractivity (Wildman–Crippen MR) is 101 cm³/mol. The highest BCUT2D eigenvalue weighted by Gasteiger charge is 2.25. The van der Waals surface area contributed by atoms with E-state index >= 15 is 0 Å². The Kier molecular flexibility index (Phi) is 5.43. The lowest BCUT2D eigenvalue weighted by Gasteiger charge is -2.37. The predicted octanol–water partition coefficient (Wildman–Crippen LogP) is 3.19. The SMILES string of the molecule is CC=CC=CC(=O)N(C)C1CCN(c2ncnc3ccccc23)CC1. The van der Waals surface area contributed by atoms with Gasteiger partial charge in [0.25, 0.3) is 0 Å². The van der Waals surface area contributed by atoms with Crippen molar-refractivity contribution in [2.45, 2.75) is 25.8 Å². The summed E-state index contributed by atoms with van der Waals surface area (Å²) in [6, 6.07) is 8.36. The van der Waals surface area contributed by atoms with E-state index in [1.807, 2.05) is 49.2 Å². The number of fused-ring (bicyclic) bond motifs is 1. The number of aromatic nitrogens is 2. The van der Waals surface area contributed by atoms with Crippen molar-refractivity contribution in [2.75, 3.05) is 25.0 Å². The molecule has 2 aromatic rings. The topological polar surface area (TPSA) is 49.3 Å². The molecule has 1 amide bonds. The van der Waals surface area contributed by atoms with Crippen LogP contribution < -0.4 is 4.90 Å². The number of nitrogens with zero attached hydrogens (tertiary/aromatic N) is 4. The molecule has 3 rings (SSSR count). The third-order valence-corrected chi connectivity index (χ3v) is 4.72. The summed E-state index contributed by atoms with van der Waals surface area (Å²) in [6.45, 7) is 3.72. The summed E-state index contributed by atoms with van der Waals surface area (Å²) < 4.78 is 0. The minimum absolute atomic E-state index is 0.0593. The fourth-order valence-electron chi connectivity index (χ4n) is 3.25. The van der Waals surface area contributed by atoms with E-state index < -0.39 is 0 Å². The van der Waals surface area contributed by atoms with E-state index in [1.165, 1.54) is 0 Å². The molecule has 0 aliphatic carbocycles. The maximum atomic E-state index is 12.2. The normalized spacial score (nSPS) is 16.2. The molecule has 25 heavy (non-hydrogen) atoms. The number of carbonyl (C=O) groups is 1. The first-order chi connectivity index (χ1) is 12.2. The minimum Gasteiger partial charge on any atom is -0.356 e. The number of allylic oxidation sites excluding steroid dienone is 3. The van der Waals surface area contributed by atoms with Crippen molar-refractivity contribution in [3.8, 4) is 0 Å². The molecule has 1 aromatic carbocycles. The Balaban J connectivity index is 1.66. The Labute approximate surface area is 148 Å². The summed E-state index contributed by atoms with van der Waals surface area (Å²) in [5.41, 5.74) is 0.969. The van der Waals surface area contributed by atoms with Crippen LogP contribution in [-0.4, -0.2) is 47.0 Å². The summed E-state index contributed by atoms with van der Waals surface area (Å²) in [5.74, 6) is 1.05. The van der Waals surface area contributed by atoms with E-state index in [0.717, 1.165) is 42.7 Å². The number of hydrogen-bond donors (Lipinski definition) is 0. The van der Waals surface area contributed by atoms with Crippen LogP contribution in [0.2, 0.25) is 0 Å². The lowest BCUT2D eigenvalue weighted by Crippen LogP contribution is -2.45. The number of para-hydroxylation sites is 1. The Morgan fingerprint density at radius 2 is 1.96 bits per heavy atom. The zero-order valence-electron chi connectivity index (χ0n) is 14.8. The first-order valence-electron chi connectivity index (χ1n) is 8.71. The van der Waals surface area contributed by atoms with Crippen LogP contribution in [0.4, 0.5) is 5.82 Å². The van der Waals surface area contributed by atoms with Gasteiger partial charge >= 0.3 is 0 Å². The highest BCUT2D eigenvalue weighted by molar-refractivity contribution is 5.89. The average molecular weight is 336 g/mol. The summed E-state index contributed by atoms with van der Waals surface area (Å²) >= 11 is 0. The van der Waals surface area contributed by atoms with Gasteiger partial charge in [0.2, 0.25) is 5.91 Å². The van der Waals surface area contributed by atoms with Gasteiger partial charge in [-0.15, -0.1) is 0 Å². The van der Waals surface area contributed by atoms with Crippen molar-refractivity contribution in [2.24, 2.45) is 0 Å². The van der Waals surface area contributed by atoms with E-state index in [1.54, 1.807) is 18.5 Å². The van der Waals surface area contributed by atoms with E-state index in [-0.39, 0.29) is 11.9 Å². The van der Waals surface area contributed by atoms with Crippen molar-refractivity contribution in [1.82, 2.24) is 14.9 Å². The lowest BCUT2D eigenvalue weighted by molar-refractivity contribution is -0.127. The summed E-state index contributed by atoms with van der Waals surface area (Å²) in [6.07, 6.45) is 10.7. The van der Waals surface area contributed by atoms with Gasteiger partial charge in [-0.05, 0) is 31.9 Å². The zero-order valence-corrected chi connectivity index (χ0v) is 14.8. The largest absolute Gasteiger partial charge is 0.356 e. The average Bonchev–Trinajstić information content (AvgIpc) is 2.67. The lowest BCUT2D eigenvalue weighted by atomic mass is 10.0. The number of piperidine rings is 1. The van der Waals surface area contributed by atoms with Crippen LogP contribution in [0.15, 0.2) is 54.9 Å². The quantitative estimate of drug-likeness (QED) is 0.635. The number of hydrogen-bond acceptors (Lipinski definition) is 4. The molecule has 0 radical (unpaired) electrons. The van der Waals surface area contributed by atoms with Crippen molar-refractivity contribution in [3.63, 3.8) is 0 Å². The Bertz CT molecular complexity index is 786. The van der Waals surface area contributed by atoms with Crippen LogP contribution in [0.25, 0.3) is 10.9 Å². The van der Waals surface area contributed by atoms with Crippen molar-refractivity contribution in [1.29, 1.82) is 0 Å². The van der Waals surface area contributed by atoms with Gasteiger partial charge < -0.3 is 9.80 Å². The molecule has 1 aromatic heterocycles. The first kappa shape index (κ1) is 17.1. The smallest absolute Gasteiger partial charge is 0.246 e. The number of anilines is 1. The Morgan fingerprint density at radius 3 is 2.72 bits per heavy atom. The molecule has 0 N–H and O–H groups in total. The van der Waals surface area contributed by atoms with Gasteiger partial charge in [-0.3, -0.25) is 4.79 Å². The maximum Gasteiger partial charge on any atom is 0.246 e. The van der Waals surface area contributed by atoms with E-state index in [9.17, 15) is 4.79 Å². The number of amides is 1. The van der Waals surface area contributed by atoms with Crippen LogP contribution >= 0.6 is 0 Å². The molecule has 0 saturated carbocycles. The van der Waals surface area contributed by atoms with Gasteiger partial charge in [-0.2, -0.15) is 0 Å². The fourth-order valence-corrected chi connectivity index (χ4v) is 3.25. The van der Waals surface area contributed by atoms with Gasteiger partial charge in [-0.1, -0.05) is 30.4 Å². The highest BCUT2D eigenvalue weighted by Crippen LogP contribution is 2.26. The van der Waals surface area contributed by atoms with E-state index in [2.05, 4.69) is 20.9 Å². The van der Waals surface area contributed by atoms with Gasteiger partial charge in [0.1, 0.15) is 12.1 Å². The molecule has 5 nitrogen and oxygen atoms in total. The monoisotopic (exact) mass is 336 g/mol. The maximum absolute atomic E-state index is 12.2. The molecule has 1 aliphatic rings. The first-order valence-corrected chi connectivity index (χ1v) is 8.71. The van der Waals surface area contributed by atoms with E-state index in [4.69, 9.17) is 0 Å². The molecule has 1 saturated heterocycles. The molecular weight excluding hydrogens is 312 g/mol. The minimum atomic E-state index is 0.0593. The van der Waals surface area contributed by atoms with Gasteiger partial charge in [0, 0.05) is 37.6 Å². The van der Waals surface area contributed by atoms with Gasteiger partial charge in [0.15, 0.2) is 0 Å². The number of rotatable bonds is 4. The molecule has 1 fully saturated rings. The van der Waals surface area contributed by atoms with Crippen LogP contribution in [0, 0.1) is 0 Å². The molecule has 130 valence electrons. The van der Waals surface area contributed by atoms with Crippen LogP contribution in [0.3, 0.4) is 0 Å². The van der Waals surface area contributed by atoms with Crippen LogP contribution in [0.5, 0.6) is 0 Å². The molecule has 0 bridgehead atoms. The molecule has 0 spiro atoms. The Morgan fingerprint density at radius 1 is 1.20 bits per heavy atom. The molecular formula is C20H24N4O. The van der Waals surface area contributed by atoms with Crippen LogP contribution in [-0.2, 0) is 4.79 Å². The van der Waals surface area contributed by atoms with Gasteiger partial charge in [0.05, 0.1) is 5.52 Å². The molecule has 0 atom stereocenters. The highest BCUT2D eigenvalue weighted by atomic mass is 16.2. The third kappa shape index (κ3) is 3.87. The van der Waals surface area contributed by atoms with Crippen LogP contribution in [0.1, 0.15) is 19.8 Å². The third-order valence-electron chi connectivity index (χ3n) is 4.72. The standard InChI is InChI=1S/C20H24N4O/c1-3-4-5-10-19(25)23(2)16-11-13-24(14-12-16)20-17-8-6-7-9-18(17)21-15-22-20/h3-10,15-16H,11-14H2,1-2H3. The molecule has 5 heteroatoms. The molecule has 1 aliphatic heterocycles. The van der Waals surface area contributed by atoms with Crippen molar-refractivity contribution < 1.29 is 4.79 Å². The summed E-state index contributed by atoms with van der Waals surface area (Å²) in [5, 5.41) is 1.09. The Hall–Kier alpha value is -2.69. The van der Waals surface area contributed by atoms with Crippen molar-refractivity contribution in [3.05, 3.63) is 54.9 Å². The fraction of sp³-hybridized carbons (Fsp3) is 0.350. The summed E-state index contributed by atoms with van der Waals surface area (Å²) in [7, 11) is 1.89. The van der Waals surface area contributed by atoms with E-state index in [0.29, 0.717) is 0 Å². The second-order valence-electron chi connectivity index (χ2n) is 6.27. The van der Waals surface area contributed by atoms with Crippen molar-refractivity contribution >= 4 is 22.6 Å². The second kappa shape index (κ2) is 7.92. The zero-order chi connectivity index (χ0) is 17.6. The number of likely N-dealkylation sites (N-methyl/N-ethyl adjacent to an activating group) is 1. The summed E-state index contributed by atoms with van der Waals surface area (Å²) in [4.78, 5) is 25.2. The number of carbonyl (C=O) groups excluding carboxylic acids is 1. The molecule has 0 unspecified atom stereocenters. The molecule has 2 heterocycles. The second-order valence-corrected chi connectivity index (χ2v) is 6.27. The van der Waals surface area contributed by atoms with Gasteiger partial charge in [-0.25, -0.2) is 9.97 Å². The number of benzene rings is 1.